The van der Waals surface area contributed by atoms with Gasteiger partial charge in [-0.1, -0.05) is 146 Å². The number of benzene rings is 6. The highest BCUT2D eigenvalue weighted by Gasteiger charge is 2.17. The zero-order valence-corrected chi connectivity index (χ0v) is 26.9. The number of allylic oxidation sites excluding steroid dienone is 4. The van der Waals surface area contributed by atoms with Crippen molar-refractivity contribution in [3.63, 3.8) is 0 Å². The summed E-state index contributed by atoms with van der Waals surface area (Å²) in [5, 5.41) is 2.48. The number of hydrogen-bond acceptors (Lipinski definition) is 3. The van der Waals surface area contributed by atoms with Crippen molar-refractivity contribution >= 4 is 27.4 Å². The van der Waals surface area contributed by atoms with Gasteiger partial charge < -0.3 is 4.57 Å². The molecule has 6 aromatic carbocycles. The van der Waals surface area contributed by atoms with E-state index in [0.29, 0.717) is 17.5 Å². The van der Waals surface area contributed by atoms with Gasteiger partial charge >= 0.3 is 0 Å². The first kappa shape index (κ1) is 28.8. The third-order valence-electron chi connectivity index (χ3n) is 9.34. The van der Waals surface area contributed by atoms with E-state index < -0.39 is 0 Å². The fraction of sp³-hybridized carbons (Fsp3) is 0.0444. The molecule has 2 heterocycles. The van der Waals surface area contributed by atoms with Crippen LogP contribution in [0.15, 0.2) is 170 Å². The van der Waals surface area contributed by atoms with Crippen molar-refractivity contribution in [2.75, 3.05) is 0 Å². The molecule has 4 nitrogen and oxygen atoms in total. The minimum Gasteiger partial charge on any atom is -0.309 e. The topological polar surface area (TPSA) is 43.6 Å². The maximum Gasteiger partial charge on any atom is 0.164 e. The molecule has 0 saturated heterocycles. The molecule has 0 radical (unpaired) electrons. The van der Waals surface area contributed by atoms with Crippen LogP contribution in [0.4, 0.5) is 0 Å². The van der Waals surface area contributed by atoms with E-state index in [1.807, 2.05) is 36.4 Å². The summed E-state index contributed by atoms with van der Waals surface area (Å²) in [7, 11) is 0. The maximum absolute atomic E-state index is 5.08. The fourth-order valence-electron chi connectivity index (χ4n) is 6.87. The van der Waals surface area contributed by atoms with Gasteiger partial charge in [-0.2, -0.15) is 0 Å². The first-order chi connectivity index (χ1) is 24.3. The zero-order chi connectivity index (χ0) is 32.6. The SMILES string of the molecule is C1=CCCC(c2ccc3c4ccccc4n(-c4cccc(-c5nc(-c6ccccc6)nc(-c6ccc(-c7ccccc7)cc6)n5)c4)c3c2)=C1. The van der Waals surface area contributed by atoms with Crippen molar-refractivity contribution in [3.05, 3.63) is 175 Å². The minimum atomic E-state index is 0.637. The van der Waals surface area contributed by atoms with Gasteiger partial charge in [0.15, 0.2) is 17.5 Å². The number of fused-ring (bicyclic) bond motifs is 3. The van der Waals surface area contributed by atoms with E-state index in [1.165, 1.54) is 38.5 Å². The summed E-state index contributed by atoms with van der Waals surface area (Å²) in [6.07, 6.45) is 8.78. The summed E-state index contributed by atoms with van der Waals surface area (Å²) < 4.78 is 2.37. The fourth-order valence-corrected chi connectivity index (χ4v) is 6.87. The third kappa shape index (κ3) is 5.43. The minimum absolute atomic E-state index is 0.637. The van der Waals surface area contributed by atoms with Crippen molar-refractivity contribution in [1.82, 2.24) is 19.5 Å². The van der Waals surface area contributed by atoms with Gasteiger partial charge in [0.2, 0.25) is 0 Å². The zero-order valence-electron chi connectivity index (χ0n) is 26.9. The van der Waals surface area contributed by atoms with Gasteiger partial charge in [0.25, 0.3) is 0 Å². The lowest BCUT2D eigenvalue weighted by Crippen LogP contribution is -2.01. The van der Waals surface area contributed by atoms with Crippen LogP contribution >= 0.6 is 0 Å². The molecule has 0 bridgehead atoms. The van der Waals surface area contributed by atoms with Crippen LogP contribution in [0.2, 0.25) is 0 Å². The van der Waals surface area contributed by atoms with Crippen LogP contribution in [0.1, 0.15) is 18.4 Å². The van der Waals surface area contributed by atoms with Gasteiger partial charge in [0.05, 0.1) is 11.0 Å². The van der Waals surface area contributed by atoms with Crippen molar-refractivity contribution in [2.45, 2.75) is 12.8 Å². The van der Waals surface area contributed by atoms with E-state index in [2.05, 4.69) is 138 Å². The molecule has 0 unspecified atom stereocenters. The quantitative estimate of drug-likeness (QED) is 0.184. The Morgan fingerprint density at radius 1 is 0.429 bits per heavy atom. The van der Waals surface area contributed by atoms with Crippen LogP contribution in [-0.2, 0) is 0 Å². The summed E-state index contributed by atoms with van der Waals surface area (Å²) in [6.45, 7) is 0. The van der Waals surface area contributed by atoms with Crippen LogP contribution in [-0.4, -0.2) is 19.5 Å². The molecule has 49 heavy (non-hydrogen) atoms. The van der Waals surface area contributed by atoms with Gasteiger partial charge in [0.1, 0.15) is 0 Å². The molecule has 0 saturated carbocycles. The van der Waals surface area contributed by atoms with Crippen LogP contribution in [0.5, 0.6) is 0 Å². The smallest absolute Gasteiger partial charge is 0.164 e. The lowest BCUT2D eigenvalue weighted by atomic mass is 9.96. The first-order valence-corrected chi connectivity index (χ1v) is 16.8. The van der Waals surface area contributed by atoms with Crippen molar-refractivity contribution in [3.8, 4) is 51.0 Å². The summed E-state index contributed by atoms with van der Waals surface area (Å²) in [5.74, 6) is 1.93. The molecule has 0 spiro atoms. The molecule has 1 aliphatic rings. The summed E-state index contributed by atoms with van der Waals surface area (Å²) in [4.78, 5) is 15.1. The highest BCUT2D eigenvalue weighted by molar-refractivity contribution is 6.10. The van der Waals surface area contributed by atoms with E-state index in [-0.39, 0.29) is 0 Å². The predicted octanol–water partition coefficient (Wildman–Crippen LogP) is 11.4. The molecule has 9 rings (SSSR count). The van der Waals surface area contributed by atoms with Crippen LogP contribution in [0.3, 0.4) is 0 Å². The molecule has 0 N–H and O–H groups in total. The van der Waals surface area contributed by atoms with Gasteiger partial charge in [-0.3, -0.25) is 0 Å². The second-order valence-electron chi connectivity index (χ2n) is 12.4. The molecule has 8 aromatic rings. The van der Waals surface area contributed by atoms with Gasteiger partial charge in [-0.15, -0.1) is 0 Å². The largest absolute Gasteiger partial charge is 0.309 e. The van der Waals surface area contributed by atoms with E-state index in [9.17, 15) is 0 Å². The van der Waals surface area contributed by atoms with Gasteiger partial charge in [-0.25, -0.2) is 15.0 Å². The second kappa shape index (κ2) is 12.3. The normalized spacial score (nSPS) is 12.8. The highest BCUT2D eigenvalue weighted by atomic mass is 15.0. The number of hydrogen-bond donors (Lipinski definition) is 0. The monoisotopic (exact) mass is 628 g/mol. The Morgan fingerprint density at radius 2 is 1.00 bits per heavy atom. The third-order valence-corrected chi connectivity index (χ3v) is 9.34. The van der Waals surface area contributed by atoms with Crippen LogP contribution < -0.4 is 0 Å². The molecular weight excluding hydrogens is 597 g/mol. The Bertz CT molecular complexity index is 2520. The van der Waals surface area contributed by atoms with Crippen molar-refractivity contribution < 1.29 is 0 Å². The lowest BCUT2D eigenvalue weighted by Gasteiger charge is -2.13. The Labute approximate surface area is 285 Å². The molecule has 2 aromatic heterocycles. The Kier molecular flexibility index (Phi) is 7.25. The number of para-hydroxylation sites is 1. The molecule has 0 fully saturated rings. The molecule has 0 amide bonds. The van der Waals surface area contributed by atoms with Crippen molar-refractivity contribution in [1.29, 1.82) is 0 Å². The Hall–Kier alpha value is -6.39. The highest BCUT2D eigenvalue weighted by Crippen LogP contribution is 2.36. The van der Waals surface area contributed by atoms with E-state index in [1.54, 1.807) is 0 Å². The molecule has 4 heteroatoms. The van der Waals surface area contributed by atoms with Crippen molar-refractivity contribution in [2.24, 2.45) is 0 Å². The van der Waals surface area contributed by atoms with E-state index in [0.717, 1.165) is 40.8 Å². The molecule has 0 aliphatic heterocycles. The lowest BCUT2D eigenvalue weighted by molar-refractivity contribution is 1.05. The van der Waals surface area contributed by atoms with Gasteiger partial charge in [0, 0.05) is 33.2 Å². The number of rotatable bonds is 6. The second-order valence-corrected chi connectivity index (χ2v) is 12.4. The van der Waals surface area contributed by atoms with E-state index >= 15 is 0 Å². The first-order valence-electron chi connectivity index (χ1n) is 16.8. The maximum atomic E-state index is 5.08. The van der Waals surface area contributed by atoms with E-state index in [4.69, 9.17) is 15.0 Å². The standard InChI is InChI=1S/C45H32N4/c1-4-13-31(14-5-1)33-23-25-35(26-24-33)44-46-43(34-17-8-3-9-18-34)47-45(48-44)37-19-12-20-38(29-37)49-41-22-11-10-21-39(41)40-28-27-36(30-42(40)49)32-15-6-2-7-16-32/h1-6,8-15,17-30H,7,16H2. The summed E-state index contributed by atoms with van der Waals surface area (Å²) >= 11 is 0. The van der Waals surface area contributed by atoms with Gasteiger partial charge in [-0.05, 0) is 59.4 Å². The molecular formula is C45H32N4. The summed E-state index contributed by atoms with van der Waals surface area (Å²) in [6, 6.07) is 53.1. The molecule has 0 atom stereocenters. The average Bonchev–Trinajstić information content (AvgIpc) is 3.52. The number of aromatic nitrogens is 4. The summed E-state index contributed by atoms with van der Waals surface area (Å²) in [5.41, 5.74) is 11.2. The molecule has 1 aliphatic carbocycles. The van der Waals surface area contributed by atoms with Crippen LogP contribution in [0.25, 0.3) is 78.4 Å². The molecule has 232 valence electrons. The predicted molar refractivity (Wildman–Crippen MR) is 202 cm³/mol. The average molecular weight is 629 g/mol. The Morgan fingerprint density at radius 3 is 1.73 bits per heavy atom. The van der Waals surface area contributed by atoms with Crippen LogP contribution in [0, 0.1) is 0 Å². The Balaban J connectivity index is 1.19. The number of nitrogens with zero attached hydrogens (tertiary/aromatic N) is 4.